The number of hydrogen-bond acceptors (Lipinski definition) is 5. The Morgan fingerprint density at radius 2 is 1.95 bits per heavy atom. The number of thioether (sulfide) groups is 1. The summed E-state index contributed by atoms with van der Waals surface area (Å²) in [6, 6.07) is 6.25. The predicted octanol–water partition coefficient (Wildman–Crippen LogP) is 1.65. The molecule has 5 nitrogen and oxygen atoms in total. The first-order valence-electron chi connectivity index (χ1n) is 6.30. The molecule has 0 bridgehead atoms. The van der Waals surface area contributed by atoms with Gasteiger partial charge in [-0.25, -0.2) is 8.42 Å². The van der Waals surface area contributed by atoms with Crippen molar-refractivity contribution in [3.63, 3.8) is 0 Å². The van der Waals surface area contributed by atoms with E-state index in [9.17, 15) is 8.42 Å². The van der Waals surface area contributed by atoms with Crippen LogP contribution in [0.3, 0.4) is 0 Å². The molecule has 0 aromatic heterocycles. The van der Waals surface area contributed by atoms with E-state index in [4.69, 9.17) is 11.0 Å². The summed E-state index contributed by atoms with van der Waals surface area (Å²) in [6.45, 7) is 5.00. The normalized spacial score (nSPS) is 24.2. The van der Waals surface area contributed by atoms with Gasteiger partial charge in [0.05, 0.1) is 17.3 Å². The number of nitrogen functional groups attached to an aromatic ring is 1. The summed E-state index contributed by atoms with van der Waals surface area (Å²) in [7, 11) is -3.60. The molecule has 2 N–H and O–H groups in total. The number of sulfonamides is 1. The number of nitrogens with zero attached hydrogens (tertiary/aromatic N) is 2. The van der Waals surface area contributed by atoms with Gasteiger partial charge in [-0.05, 0) is 18.2 Å². The number of benzene rings is 1. The van der Waals surface area contributed by atoms with Crippen LogP contribution < -0.4 is 5.73 Å². The zero-order valence-corrected chi connectivity index (χ0v) is 13.0. The van der Waals surface area contributed by atoms with E-state index in [1.54, 1.807) is 11.8 Å². The summed E-state index contributed by atoms with van der Waals surface area (Å²) in [5.41, 5.74) is 6.28. The number of nitriles is 1. The lowest BCUT2D eigenvalue weighted by atomic mass is 10.2. The van der Waals surface area contributed by atoms with Gasteiger partial charge in [0.15, 0.2) is 0 Å². The van der Waals surface area contributed by atoms with Crippen LogP contribution in [0.25, 0.3) is 0 Å². The van der Waals surface area contributed by atoms with E-state index in [2.05, 4.69) is 0 Å². The molecule has 0 radical (unpaired) electrons. The average Bonchev–Trinajstić information content (AvgIpc) is 2.37. The van der Waals surface area contributed by atoms with E-state index in [1.807, 2.05) is 19.9 Å². The zero-order chi connectivity index (χ0) is 14.9. The number of hydrogen-bond donors (Lipinski definition) is 1. The first-order chi connectivity index (χ1) is 9.34. The molecule has 1 aromatic rings. The summed E-state index contributed by atoms with van der Waals surface area (Å²) in [6.07, 6.45) is 0. The Morgan fingerprint density at radius 3 is 2.45 bits per heavy atom. The maximum absolute atomic E-state index is 12.7. The fourth-order valence-corrected chi connectivity index (χ4v) is 5.55. The van der Waals surface area contributed by atoms with E-state index in [1.165, 1.54) is 22.5 Å². The fourth-order valence-electron chi connectivity index (χ4n) is 2.32. The summed E-state index contributed by atoms with van der Waals surface area (Å²) in [4.78, 5) is 0.0859. The van der Waals surface area contributed by atoms with E-state index in [0.29, 0.717) is 18.7 Å². The van der Waals surface area contributed by atoms with Crippen molar-refractivity contribution in [1.82, 2.24) is 4.31 Å². The Labute approximate surface area is 123 Å². The highest BCUT2D eigenvalue weighted by atomic mass is 32.2. The molecule has 0 spiro atoms. The van der Waals surface area contributed by atoms with Crippen LogP contribution in [-0.4, -0.2) is 36.3 Å². The van der Waals surface area contributed by atoms with Gasteiger partial charge in [0, 0.05) is 23.6 Å². The SMILES string of the molecule is CC1CN(S(=O)(=O)c2ccc(C#N)cc2N)CC(C)S1. The Balaban J connectivity index is 2.38. The van der Waals surface area contributed by atoms with Crippen LogP contribution in [-0.2, 0) is 10.0 Å². The molecule has 2 unspecified atom stereocenters. The zero-order valence-electron chi connectivity index (χ0n) is 11.4. The maximum Gasteiger partial charge on any atom is 0.245 e. The standard InChI is InChI=1S/C13H17N3O2S2/c1-9-7-16(8-10(2)19-9)20(17,18)13-4-3-11(6-14)5-12(13)15/h3-5,9-10H,7-8,15H2,1-2H3. The van der Waals surface area contributed by atoms with Crippen molar-refractivity contribution in [2.24, 2.45) is 0 Å². The van der Waals surface area contributed by atoms with Crippen LogP contribution >= 0.6 is 11.8 Å². The first-order valence-corrected chi connectivity index (χ1v) is 8.68. The largest absolute Gasteiger partial charge is 0.398 e. The fraction of sp³-hybridized carbons (Fsp3) is 0.462. The lowest BCUT2D eigenvalue weighted by molar-refractivity contribution is 0.405. The number of anilines is 1. The van der Waals surface area contributed by atoms with Gasteiger partial charge in [-0.1, -0.05) is 13.8 Å². The van der Waals surface area contributed by atoms with E-state index < -0.39 is 10.0 Å². The minimum atomic E-state index is -3.60. The summed E-state index contributed by atoms with van der Waals surface area (Å²) >= 11 is 1.79. The molecule has 20 heavy (non-hydrogen) atoms. The number of rotatable bonds is 2. The van der Waals surface area contributed by atoms with E-state index in [-0.39, 0.29) is 21.1 Å². The molecule has 7 heteroatoms. The van der Waals surface area contributed by atoms with Crippen LogP contribution in [0.1, 0.15) is 19.4 Å². The van der Waals surface area contributed by atoms with Gasteiger partial charge in [-0.15, -0.1) is 0 Å². The minimum absolute atomic E-state index is 0.0859. The predicted molar refractivity (Wildman–Crippen MR) is 80.8 cm³/mol. The first kappa shape index (κ1) is 15.2. The van der Waals surface area contributed by atoms with Gasteiger partial charge in [-0.3, -0.25) is 0 Å². The number of nitrogens with two attached hydrogens (primary N) is 1. The van der Waals surface area contributed by atoms with Gasteiger partial charge in [0.1, 0.15) is 4.90 Å². The third-order valence-corrected chi connectivity index (χ3v) is 6.28. The second-order valence-electron chi connectivity index (χ2n) is 4.94. The van der Waals surface area contributed by atoms with Crippen molar-refractivity contribution in [2.75, 3.05) is 18.8 Å². The Bertz CT molecular complexity index is 642. The molecule has 0 amide bonds. The summed E-state index contributed by atoms with van der Waals surface area (Å²) in [5.74, 6) is 0. The molecule has 2 atom stereocenters. The lowest BCUT2D eigenvalue weighted by Crippen LogP contribution is -2.44. The highest BCUT2D eigenvalue weighted by Gasteiger charge is 2.33. The van der Waals surface area contributed by atoms with Gasteiger partial charge >= 0.3 is 0 Å². The molecule has 0 saturated carbocycles. The minimum Gasteiger partial charge on any atom is -0.398 e. The van der Waals surface area contributed by atoms with Crippen molar-refractivity contribution in [3.8, 4) is 6.07 Å². The third kappa shape index (κ3) is 2.92. The maximum atomic E-state index is 12.7. The summed E-state index contributed by atoms with van der Waals surface area (Å²) < 4.78 is 26.8. The van der Waals surface area contributed by atoms with Gasteiger partial charge < -0.3 is 5.73 Å². The molecular weight excluding hydrogens is 294 g/mol. The Kier molecular flexibility index (Phi) is 4.28. The van der Waals surface area contributed by atoms with Crippen LogP contribution in [0.2, 0.25) is 0 Å². The van der Waals surface area contributed by atoms with Crippen LogP contribution in [0.4, 0.5) is 5.69 Å². The quantitative estimate of drug-likeness (QED) is 0.839. The lowest BCUT2D eigenvalue weighted by Gasteiger charge is -2.33. The van der Waals surface area contributed by atoms with Crippen LogP contribution in [0, 0.1) is 11.3 Å². The molecule has 1 fully saturated rings. The average molecular weight is 311 g/mol. The van der Waals surface area contributed by atoms with Crippen molar-refractivity contribution in [2.45, 2.75) is 29.2 Å². The molecule has 1 saturated heterocycles. The Morgan fingerprint density at radius 1 is 1.35 bits per heavy atom. The molecular formula is C13H17N3O2S2. The highest BCUT2D eigenvalue weighted by Crippen LogP contribution is 2.30. The molecule has 1 heterocycles. The second kappa shape index (κ2) is 5.64. The van der Waals surface area contributed by atoms with Crippen LogP contribution in [0.15, 0.2) is 23.1 Å². The Hall–Kier alpha value is -1.23. The van der Waals surface area contributed by atoms with Crippen LogP contribution in [0.5, 0.6) is 0 Å². The topological polar surface area (TPSA) is 87.2 Å². The molecule has 108 valence electrons. The molecule has 1 aliphatic heterocycles. The molecule has 1 aliphatic rings. The van der Waals surface area contributed by atoms with Gasteiger partial charge in [-0.2, -0.15) is 21.3 Å². The second-order valence-corrected chi connectivity index (χ2v) is 8.73. The van der Waals surface area contributed by atoms with Gasteiger partial charge in [0.2, 0.25) is 10.0 Å². The van der Waals surface area contributed by atoms with Crippen molar-refractivity contribution >= 4 is 27.5 Å². The monoisotopic (exact) mass is 311 g/mol. The molecule has 0 aliphatic carbocycles. The smallest absolute Gasteiger partial charge is 0.245 e. The molecule has 2 rings (SSSR count). The van der Waals surface area contributed by atoms with E-state index >= 15 is 0 Å². The molecule has 1 aromatic carbocycles. The van der Waals surface area contributed by atoms with Crippen molar-refractivity contribution in [1.29, 1.82) is 5.26 Å². The van der Waals surface area contributed by atoms with Gasteiger partial charge in [0.25, 0.3) is 0 Å². The van der Waals surface area contributed by atoms with E-state index in [0.717, 1.165) is 0 Å². The van der Waals surface area contributed by atoms with Crippen molar-refractivity contribution in [3.05, 3.63) is 23.8 Å². The highest BCUT2D eigenvalue weighted by molar-refractivity contribution is 8.00. The third-order valence-electron chi connectivity index (χ3n) is 3.14. The van der Waals surface area contributed by atoms with Crippen molar-refractivity contribution < 1.29 is 8.42 Å². The summed E-state index contributed by atoms with van der Waals surface area (Å²) in [5, 5.41) is 9.32.